The molecule has 0 fully saturated rings. The van der Waals surface area contributed by atoms with Crippen molar-refractivity contribution < 1.29 is 4.42 Å². The van der Waals surface area contributed by atoms with Crippen molar-refractivity contribution in [3.8, 4) is 0 Å². The summed E-state index contributed by atoms with van der Waals surface area (Å²) in [5, 5.41) is 2.80. The smallest absolute Gasteiger partial charge is 0.134 e. The molecule has 0 bridgehead atoms. The van der Waals surface area contributed by atoms with E-state index < -0.39 is 8.07 Å². The van der Waals surface area contributed by atoms with E-state index >= 15 is 0 Å². The molecule has 2 rings (SSSR count). The second-order valence-corrected chi connectivity index (χ2v) is 9.86. The van der Waals surface area contributed by atoms with Gasteiger partial charge < -0.3 is 4.42 Å². The van der Waals surface area contributed by atoms with Crippen molar-refractivity contribution in [2.45, 2.75) is 26.6 Å². The van der Waals surface area contributed by atoms with Crippen molar-refractivity contribution in [3.05, 3.63) is 30.0 Å². The van der Waals surface area contributed by atoms with Crippen LogP contribution in [0.25, 0.3) is 11.0 Å². The van der Waals surface area contributed by atoms with Crippen LogP contribution in [0.15, 0.2) is 28.7 Å². The molecule has 0 saturated carbocycles. The largest absolute Gasteiger partial charge is 0.461 e. The van der Waals surface area contributed by atoms with E-state index in [-0.39, 0.29) is 0 Å². The van der Waals surface area contributed by atoms with Crippen molar-refractivity contribution in [1.29, 1.82) is 0 Å². The molecular weight excluding hydrogens is 188 g/mol. The van der Waals surface area contributed by atoms with E-state index in [0.717, 1.165) is 11.3 Å². The summed E-state index contributed by atoms with van der Waals surface area (Å²) in [6, 6.07) is 8.54. The highest BCUT2D eigenvalue weighted by Crippen LogP contribution is 2.19. The topological polar surface area (TPSA) is 13.1 Å². The van der Waals surface area contributed by atoms with Crippen molar-refractivity contribution >= 4 is 24.2 Å². The van der Waals surface area contributed by atoms with Gasteiger partial charge >= 0.3 is 0 Å². The number of hydrogen-bond acceptors (Lipinski definition) is 1. The Balaban J connectivity index is 2.77. The predicted molar refractivity (Wildman–Crippen MR) is 63.9 cm³/mol. The fourth-order valence-corrected chi connectivity index (χ4v) is 3.44. The number of furan rings is 1. The number of fused-ring (bicyclic) bond motifs is 1. The summed E-state index contributed by atoms with van der Waals surface area (Å²) in [4.78, 5) is 0. The number of benzene rings is 1. The average Bonchev–Trinajstić information content (AvgIpc) is 2.41. The molecule has 0 N–H and O–H groups in total. The quantitative estimate of drug-likeness (QED) is 0.650. The van der Waals surface area contributed by atoms with Gasteiger partial charge in [0.05, 0.1) is 8.07 Å². The van der Waals surface area contributed by atoms with E-state index in [0.29, 0.717) is 0 Å². The number of rotatable bonds is 1. The standard InChI is InChI=1S/C12H16OSi/c1-9-8-10-11(13-9)6-5-7-12(10)14(2,3)4/h5-8H,1-4H3. The van der Waals surface area contributed by atoms with Crippen LogP contribution < -0.4 is 5.19 Å². The number of aryl methyl sites for hydroxylation is 1. The van der Waals surface area contributed by atoms with Gasteiger partial charge in [-0.15, -0.1) is 0 Å². The first kappa shape index (κ1) is 9.53. The normalized spacial score (nSPS) is 12.3. The van der Waals surface area contributed by atoms with Crippen LogP contribution in [0.1, 0.15) is 5.76 Å². The Morgan fingerprint density at radius 3 is 2.50 bits per heavy atom. The van der Waals surface area contributed by atoms with Crippen LogP contribution in [-0.4, -0.2) is 8.07 Å². The van der Waals surface area contributed by atoms with E-state index in [9.17, 15) is 0 Å². The molecule has 14 heavy (non-hydrogen) atoms. The zero-order valence-corrected chi connectivity index (χ0v) is 10.2. The third kappa shape index (κ3) is 1.50. The summed E-state index contributed by atoms with van der Waals surface area (Å²) >= 11 is 0. The summed E-state index contributed by atoms with van der Waals surface area (Å²) in [7, 11) is -1.24. The third-order valence-corrected chi connectivity index (χ3v) is 4.54. The molecule has 0 atom stereocenters. The fourth-order valence-electron chi connectivity index (χ4n) is 1.84. The van der Waals surface area contributed by atoms with Crippen LogP contribution in [0.2, 0.25) is 19.6 Å². The van der Waals surface area contributed by atoms with Gasteiger partial charge in [0.25, 0.3) is 0 Å². The van der Waals surface area contributed by atoms with Crippen LogP contribution in [0.4, 0.5) is 0 Å². The van der Waals surface area contributed by atoms with Crippen LogP contribution in [-0.2, 0) is 0 Å². The van der Waals surface area contributed by atoms with Crippen LogP contribution in [0.3, 0.4) is 0 Å². The van der Waals surface area contributed by atoms with Crippen LogP contribution >= 0.6 is 0 Å². The molecule has 0 saturated heterocycles. The Hall–Kier alpha value is -1.02. The maximum Gasteiger partial charge on any atom is 0.134 e. The van der Waals surface area contributed by atoms with Gasteiger partial charge in [-0.05, 0) is 24.2 Å². The summed E-state index contributed by atoms with van der Waals surface area (Å²) in [6.07, 6.45) is 0. The van der Waals surface area contributed by atoms with Crippen molar-refractivity contribution in [2.75, 3.05) is 0 Å². The highest BCUT2D eigenvalue weighted by atomic mass is 28.3. The first-order chi connectivity index (χ1) is 6.48. The molecule has 0 aliphatic rings. The lowest BCUT2D eigenvalue weighted by Crippen LogP contribution is -2.37. The minimum Gasteiger partial charge on any atom is -0.461 e. The molecule has 2 heteroatoms. The van der Waals surface area contributed by atoms with E-state index in [2.05, 4.69) is 37.8 Å². The maximum atomic E-state index is 5.63. The Morgan fingerprint density at radius 2 is 1.86 bits per heavy atom. The van der Waals surface area contributed by atoms with Gasteiger partial charge in [-0.2, -0.15) is 0 Å². The van der Waals surface area contributed by atoms with Gasteiger partial charge in [-0.25, -0.2) is 0 Å². The third-order valence-electron chi connectivity index (χ3n) is 2.49. The molecule has 0 aliphatic heterocycles. The summed E-state index contributed by atoms with van der Waals surface area (Å²) in [5.41, 5.74) is 1.03. The minimum atomic E-state index is -1.24. The summed E-state index contributed by atoms with van der Waals surface area (Å²) < 4.78 is 5.63. The zero-order valence-electron chi connectivity index (χ0n) is 9.22. The zero-order chi connectivity index (χ0) is 10.3. The van der Waals surface area contributed by atoms with Crippen LogP contribution in [0, 0.1) is 6.92 Å². The Bertz CT molecular complexity index is 463. The second-order valence-electron chi connectivity index (χ2n) is 4.82. The molecule has 74 valence electrons. The predicted octanol–water partition coefficient (Wildman–Crippen LogP) is 3.29. The SMILES string of the molecule is Cc1cc2c([Si](C)(C)C)cccc2o1. The molecule has 0 amide bonds. The van der Waals surface area contributed by atoms with Gasteiger partial charge in [-0.1, -0.05) is 31.8 Å². The van der Waals surface area contributed by atoms with E-state index in [1.54, 1.807) is 0 Å². The Morgan fingerprint density at radius 1 is 1.14 bits per heavy atom. The lowest BCUT2D eigenvalue weighted by atomic mass is 10.2. The average molecular weight is 204 g/mol. The molecule has 1 aromatic carbocycles. The molecule has 0 radical (unpaired) electrons. The van der Waals surface area contributed by atoms with Gasteiger partial charge in [0, 0.05) is 5.39 Å². The van der Waals surface area contributed by atoms with Gasteiger partial charge in [-0.3, -0.25) is 0 Å². The lowest BCUT2D eigenvalue weighted by Gasteiger charge is -2.16. The molecule has 0 spiro atoms. The molecule has 1 heterocycles. The fraction of sp³-hybridized carbons (Fsp3) is 0.333. The lowest BCUT2D eigenvalue weighted by molar-refractivity contribution is 0.578. The first-order valence-corrected chi connectivity index (χ1v) is 8.48. The molecule has 1 nitrogen and oxygen atoms in total. The summed E-state index contributed by atoms with van der Waals surface area (Å²) in [5.74, 6) is 1.01. The molecular formula is C12H16OSi. The highest BCUT2D eigenvalue weighted by molar-refractivity contribution is 6.90. The van der Waals surface area contributed by atoms with E-state index in [1.165, 1.54) is 10.6 Å². The van der Waals surface area contributed by atoms with Gasteiger partial charge in [0.15, 0.2) is 0 Å². The minimum absolute atomic E-state index is 1.01. The monoisotopic (exact) mass is 204 g/mol. The van der Waals surface area contributed by atoms with Crippen molar-refractivity contribution in [2.24, 2.45) is 0 Å². The highest BCUT2D eigenvalue weighted by Gasteiger charge is 2.19. The second kappa shape index (κ2) is 2.99. The molecule has 2 aromatic rings. The maximum absolute atomic E-state index is 5.63. The van der Waals surface area contributed by atoms with E-state index in [4.69, 9.17) is 4.42 Å². The molecule has 1 aromatic heterocycles. The van der Waals surface area contributed by atoms with Gasteiger partial charge in [0.1, 0.15) is 11.3 Å². The Kier molecular flexibility index (Phi) is 2.03. The van der Waals surface area contributed by atoms with Crippen molar-refractivity contribution in [3.63, 3.8) is 0 Å². The molecule has 0 unspecified atom stereocenters. The van der Waals surface area contributed by atoms with E-state index in [1.807, 2.05) is 13.0 Å². The Labute approximate surface area is 85.7 Å². The van der Waals surface area contributed by atoms with Crippen LogP contribution in [0.5, 0.6) is 0 Å². The first-order valence-electron chi connectivity index (χ1n) is 4.98. The molecule has 0 aliphatic carbocycles. The number of hydrogen-bond donors (Lipinski definition) is 0. The van der Waals surface area contributed by atoms with Gasteiger partial charge in [0.2, 0.25) is 0 Å². The summed E-state index contributed by atoms with van der Waals surface area (Å²) in [6.45, 7) is 9.10. The van der Waals surface area contributed by atoms with Crippen molar-refractivity contribution in [1.82, 2.24) is 0 Å².